The molecule has 1 aromatic heterocycles. The van der Waals surface area contributed by atoms with E-state index in [9.17, 15) is 25.1 Å². The number of thiazole rings is 1. The maximum Gasteiger partial charge on any atom is 0.296 e. The summed E-state index contributed by atoms with van der Waals surface area (Å²) in [6, 6.07) is 22.4. The van der Waals surface area contributed by atoms with Crippen molar-refractivity contribution >= 4 is 72.8 Å². The van der Waals surface area contributed by atoms with Gasteiger partial charge in [0.25, 0.3) is 5.69 Å². The van der Waals surface area contributed by atoms with Gasteiger partial charge in [0.1, 0.15) is 22.6 Å². The number of aromatic hydroxyl groups is 2. The normalized spacial score (nSPS) is 15.4. The fourth-order valence-corrected chi connectivity index (χ4v) is 6.30. The van der Waals surface area contributed by atoms with Gasteiger partial charge in [-0.15, -0.1) is 32.2 Å². The topological polar surface area (TPSA) is 166 Å². The van der Waals surface area contributed by atoms with Crippen molar-refractivity contribution in [3.63, 3.8) is 0 Å². The van der Waals surface area contributed by atoms with Crippen LogP contribution in [0.25, 0.3) is 10.2 Å². The van der Waals surface area contributed by atoms with Crippen LogP contribution >= 0.6 is 23.1 Å². The number of anilines is 1. The Balaban J connectivity index is 1.34. The number of phenolic OH excluding ortho intramolecular Hbond substituents is 2. The molecule has 1 fully saturated rings. The predicted molar refractivity (Wildman–Crippen MR) is 160 cm³/mol. The van der Waals surface area contributed by atoms with Crippen LogP contribution in [0.4, 0.5) is 33.6 Å². The molecule has 1 saturated heterocycles. The number of phenols is 2. The second-order valence-corrected chi connectivity index (χ2v) is 11.0. The second kappa shape index (κ2) is 11.3. The van der Waals surface area contributed by atoms with E-state index in [1.165, 1.54) is 70.5 Å². The average molecular weight is 598 g/mol. The molecular weight excluding hydrogens is 578 g/mol. The largest absolute Gasteiger partial charge is 0.508 e. The van der Waals surface area contributed by atoms with Gasteiger partial charge in [-0.25, -0.2) is 4.98 Å². The average Bonchev–Trinajstić information content (AvgIpc) is 3.59. The number of carbonyl (C=O) groups excluding carboxylic acids is 1. The first-order valence-corrected chi connectivity index (χ1v) is 14.3. The molecule has 0 saturated carbocycles. The smallest absolute Gasteiger partial charge is 0.296 e. The molecule has 4 aromatic carbocycles. The number of thioether (sulfide) groups is 1. The first-order chi connectivity index (χ1) is 20.4. The van der Waals surface area contributed by atoms with Crippen LogP contribution in [0.15, 0.2) is 105 Å². The number of para-hydroxylation sites is 2. The molecule has 2 heterocycles. The minimum absolute atomic E-state index is 0.0315. The Morgan fingerprint density at radius 2 is 1.69 bits per heavy atom. The molecule has 208 valence electrons. The summed E-state index contributed by atoms with van der Waals surface area (Å²) in [4.78, 5) is 29.9. The van der Waals surface area contributed by atoms with Crippen molar-refractivity contribution in [3.8, 4) is 11.5 Å². The molecule has 2 N–H and O–H groups in total. The molecule has 0 bridgehead atoms. The van der Waals surface area contributed by atoms with Crippen LogP contribution in [0.1, 0.15) is 10.9 Å². The number of amides is 1. The van der Waals surface area contributed by atoms with Crippen LogP contribution < -0.4 is 4.90 Å². The molecule has 1 aliphatic heterocycles. The number of benzene rings is 4. The van der Waals surface area contributed by atoms with E-state index in [0.717, 1.165) is 10.2 Å². The lowest BCUT2D eigenvalue weighted by atomic mass is 10.1. The maximum absolute atomic E-state index is 13.2. The molecule has 0 radical (unpaired) electrons. The summed E-state index contributed by atoms with van der Waals surface area (Å²) >= 11 is 2.67. The Hall–Kier alpha value is -5.21. The molecule has 12 nitrogen and oxygen atoms in total. The van der Waals surface area contributed by atoms with E-state index >= 15 is 0 Å². The summed E-state index contributed by atoms with van der Waals surface area (Å²) in [6.07, 6.45) is 0. The highest BCUT2D eigenvalue weighted by atomic mass is 32.2. The minimum atomic E-state index is -0.697. The van der Waals surface area contributed by atoms with Crippen molar-refractivity contribution in [1.29, 1.82) is 0 Å². The van der Waals surface area contributed by atoms with Crippen molar-refractivity contribution in [3.05, 3.63) is 101 Å². The number of nitro benzene ring substituents is 1. The Labute approximate surface area is 245 Å². The number of aromatic nitrogens is 1. The summed E-state index contributed by atoms with van der Waals surface area (Å²) < 4.78 is 0.982. The standard InChI is InChI=1S/C28H19N7O5S2/c36-17-10-11-20(32-31-19-5-1-3-7-22(19)35(39)40)23(14-17)34-26(38)15-41-27(34)18-13-16(9-12-24(18)37)30-33-28-29-21-6-2-4-8-25(21)42-28/h1-14,27,36-37H,15H2. The number of hydrogen-bond acceptors (Lipinski definition) is 12. The molecule has 0 aliphatic carbocycles. The lowest BCUT2D eigenvalue weighted by Gasteiger charge is -2.26. The van der Waals surface area contributed by atoms with Gasteiger partial charge in [0.15, 0.2) is 5.69 Å². The lowest BCUT2D eigenvalue weighted by Crippen LogP contribution is -2.27. The maximum atomic E-state index is 13.2. The van der Waals surface area contributed by atoms with Gasteiger partial charge in [0.2, 0.25) is 11.0 Å². The van der Waals surface area contributed by atoms with Gasteiger partial charge < -0.3 is 10.2 Å². The van der Waals surface area contributed by atoms with Gasteiger partial charge in [0.05, 0.1) is 32.3 Å². The van der Waals surface area contributed by atoms with Crippen LogP contribution in [0.5, 0.6) is 11.5 Å². The highest BCUT2D eigenvalue weighted by molar-refractivity contribution is 8.00. The summed E-state index contributed by atoms with van der Waals surface area (Å²) in [5.74, 6) is -0.383. The Kier molecular flexibility index (Phi) is 7.29. The summed E-state index contributed by atoms with van der Waals surface area (Å²) in [6.45, 7) is 0. The highest BCUT2D eigenvalue weighted by Gasteiger charge is 2.37. The van der Waals surface area contributed by atoms with Crippen molar-refractivity contribution in [2.24, 2.45) is 20.5 Å². The molecule has 5 aromatic rings. The first kappa shape index (κ1) is 27.0. The molecule has 1 aliphatic rings. The summed E-state index contributed by atoms with van der Waals surface area (Å²) in [5, 5.41) is 49.1. The van der Waals surface area contributed by atoms with Crippen molar-refractivity contribution < 1.29 is 19.9 Å². The van der Waals surface area contributed by atoms with Gasteiger partial charge in [-0.1, -0.05) is 35.6 Å². The molecule has 14 heteroatoms. The zero-order chi connectivity index (χ0) is 29.2. The zero-order valence-corrected chi connectivity index (χ0v) is 23.1. The predicted octanol–water partition coefficient (Wildman–Crippen LogP) is 8.23. The molecule has 1 atom stereocenters. The number of hydrogen-bond donors (Lipinski definition) is 2. The van der Waals surface area contributed by atoms with Gasteiger partial charge in [0, 0.05) is 17.7 Å². The molecule has 6 rings (SSSR count). The van der Waals surface area contributed by atoms with E-state index in [1.54, 1.807) is 18.2 Å². The molecular formula is C28H19N7O5S2. The molecule has 1 unspecified atom stereocenters. The number of carbonyl (C=O) groups is 1. The summed E-state index contributed by atoms with van der Waals surface area (Å²) in [5.41, 5.74) is 1.88. The first-order valence-electron chi connectivity index (χ1n) is 12.4. The van der Waals surface area contributed by atoms with E-state index < -0.39 is 10.3 Å². The van der Waals surface area contributed by atoms with Gasteiger partial charge in [-0.3, -0.25) is 19.8 Å². The monoisotopic (exact) mass is 597 g/mol. The molecule has 42 heavy (non-hydrogen) atoms. The molecule has 0 spiro atoms. The van der Waals surface area contributed by atoms with E-state index in [1.807, 2.05) is 24.3 Å². The Bertz CT molecular complexity index is 1880. The van der Waals surface area contributed by atoms with Gasteiger partial charge >= 0.3 is 0 Å². The van der Waals surface area contributed by atoms with E-state index in [-0.39, 0.29) is 45.9 Å². The number of nitro groups is 1. The Morgan fingerprint density at radius 3 is 2.52 bits per heavy atom. The fourth-order valence-electron chi connectivity index (χ4n) is 4.32. The number of rotatable bonds is 7. The third kappa shape index (κ3) is 5.40. The summed E-state index contributed by atoms with van der Waals surface area (Å²) in [7, 11) is 0. The number of fused-ring (bicyclic) bond motifs is 1. The van der Waals surface area contributed by atoms with Crippen LogP contribution in [-0.4, -0.2) is 31.8 Å². The Morgan fingerprint density at radius 1 is 0.905 bits per heavy atom. The van der Waals surface area contributed by atoms with Crippen molar-refractivity contribution in [2.45, 2.75) is 5.37 Å². The number of azo groups is 2. The van der Waals surface area contributed by atoms with Crippen LogP contribution in [-0.2, 0) is 4.79 Å². The quantitative estimate of drug-likeness (QED) is 0.108. The minimum Gasteiger partial charge on any atom is -0.508 e. The molecule has 1 amide bonds. The third-order valence-electron chi connectivity index (χ3n) is 6.24. The lowest BCUT2D eigenvalue weighted by molar-refractivity contribution is -0.384. The SMILES string of the molecule is O=C1CSC(c2cc(N=Nc3nc4ccccc4s3)ccc2O)N1c1cc(O)ccc1N=Nc1ccccc1[N+](=O)[O-]. The van der Waals surface area contributed by atoms with Crippen LogP contribution in [0, 0.1) is 10.1 Å². The van der Waals surface area contributed by atoms with E-state index in [4.69, 9.17) is 0 Å². The number of nitrogens with zero attached hydrogens (tertiary/aromatic N) is 7. The fraction of sp³-hybridized carbons (Fsp3) is 0.0714. The van der Waals surface area contributed by atoms with E-state index in [2.05, 4.69) is 25.4 Å². The van der Waals surface area contributed by atoms with Crippen LogP contribution in [0.3, 0.4) is 0 Å². The van der Waals surface area contributed by atoms with Crippen LogP contribution in [0.2, 0.25) is 0 Å². The van der Waals surface area contributed by atoms with Gasteiger partial charge in [-0.2, -0.15) is 0 Å². The van der Waals surface area contributed by atoms with Crippen molar-refractivity contribution in [1.82, 2.24) is 4.98 Å². The zero-order valence-electron chi connectivity index (χ0n) is 21.4. The van der Waals surface area contributed by atoms with Crippen molar-refractivity contribution in [2.75, 3.05) is 10.7 Å². The van der Waals surface area contributed by atoms with Gasteiger partial charge in [-0.05, 0) is 48.5 Å². The highest BCUT2D eigenvalue weighted by Crippen LogP contribution is 2.49. The second-order valence-electron chi connectivity index (χ2n) is 8.95. The third-order valence-corrected chi connectivity index (χ3v) is 8.36. The van der Waals surface area contributed by atoms with E-state index in [0.29, 0.717) is 16.4 Å².